The van der Waals surface area contributed by atoms with Gasteiger partial charge in [0.2, 0.25) is 5.76 Å². The number of oxazole rings is 1. The molecule has 2 rings (SSSR count). The summed E-state index contributed by atoms with van der Waals surface area (Å²) in [5, 5.41) is 11.2. The summed E-state index contributed by atoms with van der Waals surface area (Å²) in [6.07, 6.45) is 2.82. The molecule has 0 bridgehead atoms. The minimum Gasteiger partial charge on any atom is -0.481 e. The molecule has 0 aliphatic heterocycles. The number of carbonyl (C=O) groups is 2. The molecular formula is C13H14N2O5S2. The molecule has 9 heteroatoms. The third-order valence-electron chi connectivity index (χ3n) is 2.48. The molecule has 7 nitrogen and oxygen atoms in total. The summed E-state index contributed by atoms with van der Waals surface area (Å²) < 4.78 is 10.4. The van der Waals surface area contributed by atoms with Crippen LogP contribution in [0.1, 0.15) is 16.9 Å². The van der Waals surface area contributed by atoms with Gasteiger partial charge in [0.05, 0.1) is 12.7 Å². The van der Waals surface area contributed by atoms with Crippen molar-refractivity contribution in [1.82, 2.24) is 10.3 Å². The van der Waals surface area contributed by atoms with Crippen LogP contribution in [-0.2, 0) is 4.79 Å². The Hall–Kier alpha value is -1.87. The Labute approximate surface area is 134 Å². The Bertz CT molecular complexity index is 612. The van der Waals surface area contributed by atoms with Crippen LogP contribution in [0.4, 0.5) is 0 Å². The molecule has 2 aromatic rings. The predicted molar refractivity (Wildman–Crippen MR) is 83.7 cm³/mol. The van der Waals surface area contributed by atoms with Crippen molar-refractivity contribution in [2.45, 2.75) is 6.42 Å². The largest absolute Gasteiger partial charge is 0.481 e. The van der Waals surface area contributed by atoms with E-state index >= 15 is 0 Å². The van der Waals surface area contributed by atoms with Gasteiger partial charge in [-0.3, -0.25) is 9.59 Å². The summed E-state index contributed by atoms with van der Waals surface area (Å²) >= 11 is 0. The second-order valence-corrected chi connectivity index (χ2v) is 6.75. The quantitative estimate of drug-likeness (QED) is 0.529. The lowest BCUT2D eigenvalue weighted by molar-refractivity contribution is -0.136. The maximum atomic E-state index is 12.0. The number of nitrogens with zero attached hydrogens (tertiary/aromatic N) is 1. The second kappa shape index (κ2) is 8.54. The van der Waals surface area contributed by atoms with E-state index in [1.807, 2.05) is 0 Å². The van der Waals surface area contributed by atoms with Crippen LogP contribution in [-0.4, -0.2) is 40.0 Å². The van der Waals surface area contributed by atoms with Gasteiger partial charge in [-0.15, -0.1) is 0 Å². The molecule has 0 spiro atoms. The average Bonchev–Trinajstić information content (AvgIpc) is 3.15. The van der Waals surface area contributed by atoms with Crippen LogP contribution in [0.25, 0.3) is 11.5 Å². The van der Waals surface area contributed by atoms with Gasteiger partial charge in [0, 0.05) is 18.1 Å². The monoisotopic (exact) mass is 342 g/mol. The lowest BCUT2D eigenvalue weighted by Crippen LogP contribution is -2.26. The minimum absolute atomic E-state index is 0.134. The maximum Gasteiger partial charge on any atom is 0.304 e. The van der Waals surface area contributed by atoms with Gasteiger partial charge in [0.25, 0.3) is 5.91 Å². The summed E-state index contributed by atoms with van der Waals surface area (Å²) in [7, 11) is 2.98. The fraction of sp³-hybridized carbons (Fsp3) is 0.308. The van der Waals surface area contributed by atoms with E-state index in [0.29, 0.717) is 29.6 Å². The standard InChI is InChI=1S/C13H14N2O5S2/c16-10(17)3-6-21-22-7-4-14-13(18)11-12(20-8-15-11)9-2-1-5-19-9/h1-2,5,8H,3-4,6-7H2,(H,14,18)(H,16,17). The van der Waals surface area contributed by atoms with Crippen LogP contribution in [0.3, 0.4) is 0 Å². The number of aliphatic carboxylic acids is 1. The molecule has 0 fully saturated rings. The van der Waals surface area contributed by atoms with Gasteiger partial charge < -0.3 is 19.3 Å². The van der Waals surface area contributed by atoms with Crippen molar-refractivity contribution in [3.63, 3.8) is 0 Å². The molecule has 0 saturated carbocycles. The van der Waals surface area contributed by atoms with Gasteiger partial charge in [-0.1, -0.05) is 21.6 Å². The van der Waals surface area contributed by atoms with Gasteiger partial charge in [-0.05, 0) is 12.1 Å². The molecule has 0 aliphatic carbocycles. The van der Waals surface area contributed by atoms with Crippen LogP contribution in [0.15, 0.2) is 33.6 Å². The van der Waals surface area contributed by atoms with Crippen molar-refractivity contribution in [3.05, 3.63) is 30.5 Å². The summed E-state index contributed by atoms with van der Waals surface area (Å²) in [6, 6.07) is 3.39. The zero-order valence-corrected chi connectivity index (χ0v) is 13.1. The Balaban J connectivity index is 1.72. The van der Waals surface area contributed by atoms with Gasteiger partial charge in [0.15, 0.2) is 17.8 Å². The van der Waals surface area contributed by atoms with Gasteiger partial charge in [0.1, 0.15) is 0 Å². The SMILES string of the molecule is O=C(O)CCSSCCNC(=O)c1ncoc1-c1ccco1. The predicted octanol–water partition coefficient (Wildman–Crippen LogP) is 2.52. The highest BCUT2D eigenvalue weighted by Crippen LogP contribution is 2.23. The number of furan rings is 1. The van der Waals surface area contributed by atoms with Crippen molar-refractivity contribution in [2.24, 2.45) is 0 Å². The number of carbonyl (C=O) groups excluding carboxylic acids is 1. The smallest absolute Gasteiger partial charge is 0.304 e. The molecular weight excluding hydrogens is 328 g/mol. The van der Waals surface area contributed by atoms with Crippen molar-refractivity contribution < 1.29 is 23.5 Å². The minimum atomic E-state index is -0.808. The van der Waals surface area contributed by atoms with Crippen LogP contribution in [0.5, 0.6) is 0 Å². The summed E-state index contributed by atoms with van der Waals surface area (Å²) in [4.78, 5) is 26.3. The van der Waals surface area contributed by atoms with Crippen molar-refractivity contribution in [3.8, 4) is 11.5 Å². The first-order valence-electron chi connectivity index (χ1n) is 6.40. The van der Waals surface area contributed by atoms with Gasteiger partial charge in [-0.25, -0.2) is 4.98 Å². The Morgan fingerprint density at radius 3 is 2.82 bits per heavy atom. The number of rotatable bonds is 9. The molecule has 2 N–H and O–H groups in total. The van der Waals surface area contributed by atoms with Crippen molar-refractivity contribution in [1.29, 1.82) is 0 Å². The fourth-order valence-corrected chi connectivity index (χ4v) is 3.41. The number of hydrogen-bond donors (Lipinski definition) is 2. The molecule has 2 aromatic heterocycles. The molecule has 0 unspecified atom stereocenters. The third-order valence-corrected chi connectivity index (χ3v) is 4.89. The molecule has 0 saturated heterocycles. The molecule has 2 heterocycles. The van der Waals surface area contributed by atoms with E-state index in [-0.39, 0.29) is 18.0 Å². The topological polar surface area (TPSA) is 106 Å². The van der Waals surface area contributed by atoms with Crippen LogP contribution in [0.2, 0.25) is 0 Å². The highest BCUT2D eigenvalue weighted by atomic mass is 33.1. The zero-order valence-electron chi connectivity index (χ0n) is 11.5. The first-order chi connectivity index (χ1) is 10.7. The van der Waals surface area contributed by atoms with E-state index < -0.39 is 5.97 Å². The number of hydrogen-bond acceptors (Lipinski definition) is 7. The van der Waals surface area contributed by atoms with Crippen LogP contribution < -0.4 is 5.32 Å². The number of carboxylic acids is 1. The lowest BCUT2D eigenvalue weighted by atomic mass is 10.2. The van der Waals surface area contributed by atoms with E-state index in [1.54, 1.807) is 12.1 Å². The van der Waals surface area contributed by atoms with Crippen molar-refractivity contribution >= 4 is 33.5 Å². The van der Waals surface area contributed by atoms with Gasteiger partial charge >= 0.3 is 5.97 Å². The van der Waals surface area contributed by atoms with Crippen LogP contribution >= 0.6 is 21.6 Å². The Morgan fingerprint density at radius 1 is 1.27 bits per heavy atom. The molecule has 118 valence electrons. The zero-order chi connectivity index (χ0) is 15.8. The van der Waals surface area contributed by atoms with E-state index in [1.165, 1.54) is 34.2 Å². The molecule has 0 atom stereocenters. The normalized spacial score (nSPS) is 10.5. The fourth-order valence-electron chi connectivity index (χ4n) is 1.53. The van der Waals surface area contributed by atoms with E-state index in [2.05, 4.69) is 10.3 Å². The second-order valence-electron chi connectivity index (χ2n) is 4.05. The number of nitrogens with one attached hydrogen (secondary N) is 1. The summed E-state index contributed by atoms with van der Waals surface area (Å²) in [5.74, 6) is 0.811. The average molecular weight is 342 g/mol. The third kappa shape index (κ3) is 4.85. The lowest BCUT2D eigenvalue weighted by Gasteiger charge is -2.03. The molecule has 0 aliphatic rings. The molecule has 1 amide bonds. The van der Waals surface area contributed by atoms with Gasteiger partial charge in [-0.2, -0.15) is 0 Å². The maximum absolute atomic E-state index is 12.0. The molecule has 22 heavy (non-hydrogen) atoms. The van der Waals surface area contributed by atoms with Crippen molar-refractivity contribution in [2.75, 3.05) is 18.1 Å². The highest BCUT2D eigenvalue weighted by molar-refractivity contribution is 8.76. The Morgan fingerprint density at radius 2 is 2.09 bits per heavy atom. The number of amides is 1. The summed E-state index contributed by atoms with van der Waals surface area (Å²) in [6.45, 7) is 0.452. The van der Waals surface area contributed by atoms with E-state index in [4.69, 9.17) is 13.9 Å². The van der Waals surface area contributed by atoms with Crippen LogP contribution in [0, 0.1) is 0 Å². The molecule has 0 aromatic carbocycles. The summed E-state index contributed by atoms with van der Waals surface area (Å²) in [5.41, 5.74) is 0.179. The number of aromatic nitrogens is 1. The van der Waals surface area contributed by atoms with E-state index in [0.717, 1.165) is 0 Å². The highest BCUT2D eigenvalue weighted by Gasteiger charge is 2.19. The first-order valence-corrected chi connectivity index (χ1v) is 8.89. The first kappa shape index (κ1) is 16.5. The Kier molecular flexibility index (Phi) is 6.41. The number of carboxylic acid groups (broad SMARTS) is 1. The molecule has 0 radical (unpaired) electrons. The van der Waals surface area contributed by atoms with E-state index in [9.17, 15) is 9.59 Å².